The molecule has 0 aromatic heterocycles. The number of alkyl halides is 3. The molecule has 0 saturated carbocycles. The summed E-state index contributed by atoms with van der Waals surface area (Å²) in [7, 11) is -2.45. The Bertz CT molecular complexity index is 834. The van der Waals surface area contributed by atoms with E-state index < -0.39 is 40.3 Å². The second kappa shape index (κ2) is 8.19. The number of rotatable bonds is 4. The number of aryl methyl sites for hydroxylation is 1. The minimum Gasteiger partial charge on any atom is -0.399 e. The number of hydrogen-bond acceptors (Lipinski definition) is 3. The van der Waals surface area contributed by atoms with Crippen molar-refractivity contribution >= 4 is 34.3 Å². The Balaban J connectivity index is 1.71. The number of carbonyl (C=O) groups excluding carboxylic acids is 1. The van der Waals surface area contributed by atoms with Crippen molar-refractivity contribution in [2.45, 2.75) is 58.9 Å². The molecule has 0 spiro atoms. The third-order valence-electron chi connectivity index (χ3n) is 6.63. The summed E-state index contributed by atoms with van der Waals surface area (Å²) < 4.78 is 51.4. The number of urea groups is 1. The second-order valence-electron chi connectivity index (χ2n) is 9.46. The van der Waals surface area contributed by atoms with Gasteiger partial charge < -0.3 is 19.5 Å². The van der Waals surface area contributed by atoms with Crippen LogP contribution >= 0.6 is 10.0 Å². The number of hydrogen-bond donors (Lipinski definition) is 1. The van der Waals surface area contributed by atoms with Crippen molar-refractivity contribution in [3.63, 3.8) is 0 Å². The molecular formula is C21H32BF3N2O3S. The Kier molecular flexibility index (Phi) is 6.41. The molecular weight excluding hydrogens is 428 g/mol. The summed E-state index contributed by atoms with van der Waals surface area (Å²) in [6, 6.07) is 5.12. The van der Waals surface area contributed by atoms with E-state index in [2.05, 4.69) is 5.32 Å². The SMILES string of the molecule is CCS1(CC(F)(F)F)CCN(C(=O)Nc2ccc(C)c(B3OC(C)(C)C(C)(C)O3)c2)C1. The first kappa shape index (κ1) is 24.3. The molecule has 5 nitrogen and oxygen atoms in total. The van der Waals surface area contributed by atoms with Crippen LogP contribution in [0, 0.1) is 6.92 Å². The number of nitrogens with zero attached hydrogens (tertiary/aromatic N) is 1. The summed E-state index contributed by atoms with van der Waals surface area (Å²) in [6.45, 7) is 12.0. The third kappa shape index (κ3) is 5.17. The van der Waals surface area contributed by atoms with Crippen molar-refractivity contribution in [2.24, 2.45) is 0 Å². The fraction of sp³-hybridized carbons (Fsp3) is 0.667. The number of amides is 2. The van der Waals surface area contributed by atoms with Gasteiger partial charge in [0.2, 0.25) is 0 Å². The average molecular weight is 460 g/mol. The maximum Gasteiger partial charge on any atom is 0.495 e. The van der Waals surface area contributed by atoms with E-state index >= 15 is 0 Å². The maximum absolute atomic E-state index is 13.0. The number of anilines is 1. The van der Waals surface area contributed by atoms with Gasteiger partial charge in [-0.25, -0.2) is 14.8 Å². The van der Waals surface area contributed by atoms with E-state index in [1.54, 1.807) is 13.0 Å². The van der Waals surface area contributed by atoms with Gasteiger partial charge in [-0.2, -0.15) is 13.2 Å². The molecule has 3 rings (SSSR count). The number of benzene rings is 1. The molecule has 0 aliphatic carbocycles. The molecule has 0 bridgehead atoms. The highest BCUT2D eigenvalue weighted by Crippen LogP contribution is 2.54. The monoisotopic (exact) mass is 460 g/mol. The highest BCUT2D eigenvalue weighted by atomic mass is 32.3. The Morgan fingerprint density at radius 2 is 1.84 bits per heavy atom. The van der Waals surface area contributed by atoms with Crippen molar-refractivity contribution in [3.05, 3.63) is 23.8 Å². The van der Waals surface area contributed by atoms with E-state index in [0.717, 1.165) is 11.0 Å². The lowest BCUT2D eigenvalue weighted by atomic mass is 9.76. The fourth-order valence-corrected chi connectivity index (χ4v) is 7.12. The zero-order valence-corrected chi connectivity index (χ0v) is 19.9. The summed E-state index contributed by atoms with van der Waals surface area (Å²) >= 11 is 0. The van der Waals surface area contributed by atoms with Crippen LogP contribution in [0.15, 0.2) is 18.2 Å². The van der Waals surface area contributed by atoms with E-state index in [9.17, 15) is 18.0 Å². The van der Waals surface area contributed by atoms with Crippen molar-refractivity contribution < 1.29 is 27.3 Å². The van der Waals surface area contributed by atoms with E-state index in [-0.39, 0.29) is 11.9 Å². The molecule has 10 heteroatoms. The molecule has 1 N–H and O–H groups in total. The molecule has 2 amide bonds. The first-order valence-electron chi connectivity index (χ1n) is 10.5. The van der Waals surface area contributed by atoms with Crippen LogP contribution in [0.5, 0.6) is 0 Å². The fourth-order valence-electron chi connectivity index (χ4n) is 3.87. The molecule has 2 aliphatic heterocycles. The highest BCUT2D eigenvalue weighted by molar-refractivity contribution is 8.33. The molecule has 1 unspecified atom stereocenters. The Labute approximate surface area is 184 Å². The molecule has 2 heterocycles. The predicted octanol–water partition coefficient (Wildman–Crippen LogP) is 4.49. The van der Waals surface area contributed by atoms with Gasteiger partial charge in [0.25, 0.3) is 0 Å². The average Bonchev–Trinajstić information content (AvgIpc) is 3.14. The van der Waals surface area contributed by atoms with E-state index in [1.165, 1.54) is 4.90 Å². The number of carbonyl (C=O) groups is 1. The van der Waals surface area contributed by atoms with Crippen LogP contribution in [0.4, 0.5) is 23.7 Å². The molecule has 2 fully saturated rings. The molecule has 1 atom stereocenters. The van der Waals surface area contributed by atoms with Crippen LogP contribution < -0.4 is 10.8 Å². The minimum atomic E-state index is -4.20. The minimum absolute atomic E-state index is 0.185. The van der Waals surface area contributed by atoms with Crippen molar-refractivity contribution in [2.75, 3.05) is 35.0 Å². The molecule has 1 aromatic rings. The highest BCUT2D eigenvalue weighted by Gasteiger charge is 2.52. The van der Waals surface area contributed by atoms with Gasteiger partial charge in [-0.15, -0.1) is 0 Å². The quantitative estimate of drug-likeness (QED) is 0.674. The number of nitrogens with one attached hydrogen (secondary N) is 1. The van der Waals surface area contributed by atoms with Gasteiger partial charge in [0.05, 0.1) is 22.8 Å². The first-order chi connectivity index (χ1) is 14.2. The van der Waals surface area contributed by atoms with E-state index in [1.807, 2.05) is 46.8 Å². The van der Waals surface area contributed by atoms with Gasteiger partial charge >= 0.3 is 19.3 Å². The lowest BCUT2D eigenvalue weighted by Crippen LogP contribution is -2.41. The zero-order valence-electron chi connectivity index (χ0n) is 19.1. The van der Waals surface area contributed by atoms with Crippen LogP contribution in [0.25, 0.3) is 0 Å². The zero-order chi connectivity index (χ0) is 23.2. The lowest BCUT2D eigenvalue weighted by molar-refractivity contribution is -0.105. The van der Waals surface area contributed by atoms with Gasteiger partial charge in [0.15, 0.2) is 0 Å². The van der Waals surface area contributed by atoms with Gasteiger partial charge in [0, 0.05) is 12.2 Å². The summed E-state index contributed by atoms with van der Waals surface area (Å²) in [5.74, 6) is 0.304. The summed E-state index contributed by atoms with van der Waals surface area (Å²) in [5.41, 5.74) is 1.40. The van der Waals surface area contributed by atoms with Crippen molar-refractivity contribution in [3.8, 4) is 0 Å². The summed E-state index contributed by atoms with van der Waals surface area (Å²) in [6.07, 6.45) is -4.20. The summed E-state index contributed by atoms with van der Waals surface area (Å²) in [5, 5.41) is 2.85. The maximum atomic E-state index is 13.0. The first-order valence-corrected chi connectivity index (χ1v) is 12.8. The Morgan fingerprint density at radius 3 is 2.39 bits per heavy atom. The molecule has 2 saturated heterocycles. The van der Waals surface area contributed by atoms with Crippen molar-refractivity contribution in [1.29, 1.82) is 0 Å². The van der Waals surface area contributed by atoms with Crippen LogP contribution in [0.2, 0.25) is 0 Å². The Morgan fingerprint density at radius 1 is 1.23 bits per heavy atom. The van der Waals surface area contributed by atoms with Crippen LogP contribution in [0.3, 0.4) is 0 Å². The summed E-state index contributed by atoms with van der Waals surface area (Å²) in [4.78, 5) is 14.3. The smallest absolute Gasteiger partial charge is 0.399 e. The van der Waals surface area contributed by atoms with Crippen molar-refractivity contribution in [1.82, 2.24) is 4.90 Å². The predicted molar refractivity (Wildman–Crippen MR) is 121 cm³/mol. The lowest BCUT2D eigenvalue weighted by Gasteiger charge is -2.35. The molecule has 31 heavy (non-hydrogen) atoms. The topological polar surface area (TPSA) is 50.8 Å². The van der Waals surface area contributed by atoms with Gasteiger partial charge in [0.1, 0.15) is 0 Å². The second-order valence-corrected chi connectivity index (χ2v) is 13.4. The van der Waals surface area contributed by atoms with Crippen LogP contribution in [-0.4, -0.2) is 65.1 Å². The van der Waals surface area contributed by atoms with E-state index in [4.69, 9.17) is 9.31 Å². The van der Waals surface area contributed by atoms with Gasteiger partial charge in [-0.05, 0) is 63.7 Å². The third-order valence-corrected chi connectivity index (χ3v) is 10.7. The molecule has 2 aliphatic rings. The number of halogens is 3. The molecule has 1 aromatic carbocycles. The van der Waals surface area contributed by atoms with Gasteiger partial charge in [-0.1, -0.05) is 18.6 Å². The van der Waals surface area contributed by atoms with Gasteiger partial charge in [-0.3, -0.25) is 0 Å². The van der Waals surface area contributed by atoms with Crippen LogP contribution in [0.1, 0.15) is 40.2 Å². The molecule has 174 valence electrons. The van der Waals surface area contributed by atoms with Crippen LogP contribution in [-0.2, 0) is 9.31 Å². The largest absolute Gasteiger partial charge is 0.495 e. The van der Waals surface area contributed by atoms with E-state index in [0.29, 0.717) is 23.7 Å². The molecule has 0 radical (unpaired) electrons. The normalized spacial score (nSPS) is 27.3. The standard InChI is InChI=1S/C21H32BF3N2O3S/c1-7-31(13-21(23,24)25)11-10-27(14-31)18(28)26-16-9-8-15(2)17(12-16)22-29-19(3,4)20(5,6)30-22/h8-9,12H,7,10-11,13-14H2,1-6H3,(H,26,28). The Hall–Kier alpha value is -1.39.